The lowest BCUT2D eigenvalue weighted by Gasteiger charge is -2.03. The summed E-state index contributed by atoms with van der Waals surface area (Å²) in [6, 6.07) is 16.6. The minimum absolute atomic E-state index is 0.0542. The van der Waals surface area contributed by atoms with E-state index in [0.717, 1.165) is 11.3 Å². The first-order valence-corrected chi connectivity index (χ1v) is 6.30. The summed E-state index contributed by atoms with van der Waals surface area (Å²) in [5.74, 6) is 0.723. The molecule has 0 radical (unpaired) electrons. The van der Waals surface area contributed by atoms with Gasteiger partial charge in [-0.15, -0.1) is 12.6 Å². The minimum atomic E-state index is -0.0542. The molecule has 19 heavy (non-hydrogen) atoms. The molecular weight excluding hydrogens is 256 g/mol. The predicted octanol–water partition coefficient (Wildman–Crippen LogP) is 3.85. The standard InChI is InChI=1S/C16H14O2S/c1-18-14-9-7-13(8-10-14)16(19)11-15(17)12-5-3-2-4-6-12/h2-11,19H,1H3/b16-11-. The van der Waals surface area contributed by atoms with Gasteiger partial charge in [0, 0.05) is 10.5 Å². The van der Waals surface area contributed by atoms with Crippen LogP contribution in [-0.2, 0) is 0 Å². The highest BCUT2D eigenvalue weighted by molar-refractivity contribution is 7.90. The molecule has 0 fully saturated rings. The number of hydrogen-bond donors (Lipinski definition) is 1. The maximum Gasteiger partial charge on any atom is 0.186 e. The third-order valence-electron chi connectivity index (χ3n) is 2.71. The number of thiol groups is 1. The summed E-state index contributed by atoms with van der Waals surface area (Å²) in [5, 5.41) is 0. The van der Waals surface area contributed by atoms with Crippen molar-refractivity contribution in [2.45, 2.75) is 0 Å². The second kappa shape index (κ2) is 6.25. The van der Waals surface area contributed by atoms with E-state index >= 15 is 0 Å². The van der Waals surface area contributed by atoms with Crippen molar-refractivity contribution < 1.29 is 9.53 Å². The Bertz CT molecular complexity index is 586. The number of carbonyl (C=O) groups is 1. The van der Waals surface area contributed by atoms with Crippen LogP contribution in [0.2, 0.25) is 0 Å². The fourth-order valence-corrected chi connectivity index (χ4v) is 1.92. The zero-order valence-corrected chi connectivity index (χ0v) is 11.4. The average Bonchev–Trinajstić information content (AvgIpc) is 2.48. The molecule has 0 saturated heterocycles. The molecule has 2 rings (SSSR count). The summed E-state index contributed by atoms with van der Waals surface area (Å²) in [7, 11) is 1.62. The fraction of sp³-hybridized carbons (Fsp3) is 0.0625. The highest BCUT2D eigenvalue weighted by Gasteiger charge is 2.04. The second-order valence-corrected chi connectivity index (χ2v) is 4.47. The molecule has 96 valence electrons. The molecule has 3 heteroatoms. The topological polar surface area (TPSA) is 26.3 Å². The molecule has 0 saturated carbocycles. The summed E-state index contributed by atoms with van der Waals surface area (Å²) < 4.78 is 5.09. The van der Waals surface area contributed by atoms with Crippen molar-refractivity contribution >= 4 is 23.3 Å². The lowest BCUT2D eigenvalue weighted by Crippen LogP contribution is -1.94. The summed E-state index contributed by atoms with van der Waals surface area (Å²) >= 11 is 4.37. The van der Waals surface area contributed by atoms with E-state index in [4.69, 9.17) is 4.74 Å². The van der Waals surface area contributed by atoms with Crippen LogP contribution in [0.25, 0.3) is 4.91 Å². The molecule has 0 aliphatic heterocycles. The van der Waals surface area contributed by atoms with Gasteiger partial charge in [-0.3, -0.25) is 4.79 Å². The molecule has 0 aliphatic rings. The molecule has 0 N–H and O–H groups in total. The third kappa shape index (κ3) is 3.48. The Morgan fingerprint density at radius 1 is 1.00 bits per heavy atom. The van der Waals surface area contributed by atoms with Gasteiger partial charge in [-0.05, 0) is 23.8 Å². The van der Waals surface area contributed by atoms with Gasteiger partial charge >= 0.3 is 0 Å². The van der Waals surface area contributed by atoms with Gasteiger partial charge < -0.3 is 4.74 Å². The van der Waals surface area contributed by atoms with Crippen LogP contribution in [0.5, 0.6) is 5.75 Å². The lowest BCUT2D eigenvalue weighted by atomic mass is 10.1. The van der Waals surface area contributed by atoms with Gasteiger partial charge in [-0.25, -0.2) is 0 Å². The Balaban J connectivity index is 2.20. The number of ether oxygens (including phenoxy) is 1. The quantitative estimate of drug-likeness (QED) is 0.519. The maximum absolute atomic E-state index is 12.0. The van der Waals surface area contributed by atoms with Gasteiger partial charge in [0.2, 0.25) is 0 Å². The van der Waals surface area contributed by atoms with Gasteiger partial charge in [-0.2, -0.15) is 0 Å². The van der Waals surface area contributed by atoms with Crippen molar-refractivity contribution in [1.82, 2.24) is 0 Å². The molecule has 0 atom stereocenters. The van der Waals surface area contributed by atoms with Crippen molar-refractivity contribution in [3.63, 3.8) is 0 Å². The molecule has 0 bridgehead atoms. The van der Waals surface area contributed by atoms with Crippen molar-refractivity contribution in [3.8, 4) is 5.75 Å². The van der Waals surface area contributed by atoms with E-state index in [1.165, 1.54) is 6.08 Å². The third-order valence-corrected chi connectivity index (χ3v) is 3.10. The van der Waals surface area contributed by atoms with E-state index < -0.39 is 0 Å². The summed E-state index contributed by atoms with van der Waals surface area (Å²) in [5.41, 5.74) is 1.54. The number of ketones is 1. The van der Waals surface area contributed by atoms with Gasteiger partial charge in [0.15, 0.2) is 5.78 Å². The lowest BCUT2D eigenvalue weighted by molar-refractivity contribution is 0.104. The van der Waals surface area contributed by atoms with Gasteiger partial charge in [-0.1, -0.05) is 42.5 Å². The molecule has 0 aromatic heterocycles. The Labute approximate surface area is 118 Å². The van der Waals surface area contributed by atoms with E-state index in [1.54, 1.807) is 19.2 Å². The van der Waals surface area contributed by atoms with E-state index in [-0.39, 0.29) is 5.78 Å². The van der Waals surface area contributed by atoms with E-state index in [9.17, 15) is 4.79 Å². The highest BCUT2D eigenvalue weighted by Crippen LogP contribution is 2.22. The van der Waals surface area contributed by atoms with E-state index in [1.807, 2.05) is 42.5 Å². The van der Waals surface area contributed by atoms with Crippen LogP contribution in [-0.4, -0.2) is 12.9 Å². The first-order valence-electron chi connectivity index (χ1n) is 5.85. The molecular formula is C16H14O2S. The number of carbonyl (C=O) groups excluding carboxylic acids is 1. The van der Waals surface area contributed by atoms with Crippen molar-refractivity contribution in [3.05, 3.63) is 71.8 Å². The van der Waals surface area contributed by atoms with E-state index in [0.29, 0.717) is 10.5 Å². The van der Waals surface area contributed by atoms with Crippen LogP contribution in [0, 0.1) is 0 Å². The normalized spacial score (nSPS) is 11.2. The molecule has 0 heterocycles. The molecule has 0 spiro atoms. The van der Waals surface area contributed by atoms with Crippen molar-refractivity contribution in [2.75, 3.05) is 7.11 Å². The van der Waals surface area contributed by atoms with Crippen LogP contribution >= 0.6 is 12.6 Å². The van der Waals surface area contributed by atoms with Crippen LogP contribution in [0.15, 0.2) is 60.7 Å². The molecule has 0 amide bonds. The number of allylic oxidation sites excluding steroid dienone is 1. The Morgan fingerprint density at radius 3 is 2.21 bits per heavy atom. The highest BCUT2D eigenvalue weighted by atomic mass is 32.1. The molecule has 2 aromatic rings. The second-order valence-electron chi connectivity index (χ2n) is 3.99. The van der Waals surface area contributed by atoms with E-state index in [2.05, 4.69) is 12.6 Å². The first-order chi connectivity index (χ1) is 9.20. The van der Waals surface area contributed by atoms with Crippen molar-refractivity contribution in [2.24, 2.45) is 0 Å². The summed E-state index contributed by atoms with van der Waals surface area (Å²) in [6.45, 7) is 0. The zero-order chi connectivity index (χ0) is 13.7. The molecule has 2 nitrogen and oxygen atoms in total. The molecule has 0 unspecified atom stereocenters. The Morgan fingerprint density at radius 2 is 1.63 bits per heavy atom. The summed E-state index contributed by atoms with van der Waals surface area (Å²) in [4.78, 5) is 12.6. The summed E-state index contributed by atoms with van der Waals surface area (Å²) in [6.07, 6.45) is 1.53. The first kappa shape index (κ1) is 13.4. The van der Waals surface area contributed by atoms with Gasteiger partial charge in [0.1, 0.15) is 5.75 Å². The van der Waals surface area contributed by atoms with Gasteiger partial charge in [0.25, 0.3) is 0 Å². The average molecular weight is 270 g/mol. The Kier molecular flexibility index (Phi) is 4.42. The molecule has 0 aliphatic carbocycles. The zero-order valence-electron chi connectivity index (χ0n) is 10.5. The monoisotopic (exact) mass is 270 g/mol. The van der Waals surface area contributed by atoms with Crippen molar-refractivity contribution in [1.29, 1.82) is 0 Å². The van der Waals surface area contributed by atoms with Crippen LogP contribution in [0.4, 0.5) is 0 Å². The van der Waals surface area contributed by atoms with Crippen LogP contribution in [0.3, 0.4) is 0 Å². The minimum Gasteiger partial charge on any atom is -0.497 e. The molecule has 2 aromatic carbocycles. The fourth-order valence-electron chi connectivity index (χ4n) is 1.66. The predicted molar refractivity (Wildman–Crippen MR) is 80.7 cm³/mol. The number of benzene rings is 2. The number of methoxy groups -OCH3 is 1. The number of rotatable bonds is 4. The van der Waals surface area contributed by atoms with Crippen LogP contribution < -0.4 is 4.74 Å². The maximum atomic E-state index is 12.0. The SMILES string of the molecule is COc1ccc(/C(S)=C/C(=O)c2ccccc2)cc1. The largest absolute Gasteiger partial charge is 0.497 e. The Hall–Kier alpha value is -2.00. The van der Waals surface area contributed by atoms with Crippen LogP contribution in [0.1, 0.15) is 15.9 Å². The number of hydrogen-bond acceptors (Lipinski definition) is 3. The van der Waals surface area contributed by atoms with Gasteiger partial charge in [0.05, 0.1) is 7.11 Å². The smallest absolute Gasteiger partial charge is 0.186 e.